The minimum Gasteiger partial charge on any atom is -0.366 e. The fourth-order valence-corrected chi connectivity index (χ4v) is 1.85. The number of hydrogen-bond acceptors (Lipinski definition) is 3. The molecular formula is C17H24N2O2. The molecule has 1 aromatic rings. The fraction of sp³-hybridized carbons (Fsp3) is 0.529. The minimum absolute atomic E-state index is 0.0897. The van der Waals surface area contributed by atoms with Crippen LogP contribution in [0.2, 0.25) is 0 Å². The number of ether oxygens (including phenoxy) is 1. The van der Waals surface area contributed by atoms with Crippen molar-refractivity contribution in [1.82, 2.24) is 5.32 Å². The first-order valence-electron chi connectivity index (χ1n) is 7.22. The Hall–Kier alpha value is -1.86. The highest BCUT2D eigenvalue weighted by molar-refractivity contribution is 5.77. The molecule has 0 radical (unpaired) electrons. The molecule has 1 rings (SSSR count). The number of hydrogen-bond donors (Lipinski definition) is 1. The molecule has 0 fully saturated rings. The van der Waals surface area contributed by atoms with Gasteiger partial charge in [0.25, 0.3) is 0 Å². The molecule has 1 amide bonds. The van der Waals surface area contributed by atoms with E-state index in [1.807, 2.05) is 45.9 Å². The second-order valence-corrected chi connectivity index (χ2v) is 6.11. The van der Waals surface area contributed by atoms with Crippen molar-refractivity contribution < 1.29 is 9.53 Å². The van der Waals surface area contributed by atoms with E-state index in [1.165, 1.54) is 5.56 Å². The highest BCUT2D eigenvalue weighted by Crippen LogP contribution is 2.12. The van der Waals surface area contributed by atoms with E-state index in [0.717, 1.165) is 18.4 Å². The van der Waals surface area contributed by atoms with Gasteiger partial charge in [-0.25, -0.2) is 0 Å². The second-order valence-electron chi connectivity index (χ2n) is 6.11. The summed E-state index contributed by atoms with van der Waals surface area (Å²) < 4.78 is 5.41. The number of nitrogens with one attached hydrogen (secondary N) is 1. The first kappa shape index (κ1) is 17.2. The van der Waals surface area contributed by atoms with Crippen molar-refractivity contribution in [2.24, 2.45) is 0 Å². The predicted molar refractivity (Wildman–Crippen MR) is 82.9 cm³/mol. The van der Waals surface area contributed by atoms with Crippen LogP contribution in [0.5, 0.6) is 0 Å². The largest absolute Gasteiger partial charge is 0.366 e. The number of rotatable bonds is 6. The summed E-state index contributed by atoms with van der Waals surface area (Å²) in [4.78, 5) is 11.6. The van der Waals surface area contributed by atoms with Crippen LogP contribution < -0.4 is 5.32 Å². The van der Waals surface area contributed by atoms with E-state index < -0.39 is 0 Å². The van der Waals surface area contributed by atoms with Gasteiger partial charge < -0.3 is 10.1 Å². The van der Waals surface area contributed by atoms with Gasteiger partial charge in [-0.05, 0) is 63.8 Å². The molecule has 1 N–H and O–H groups in total. The summed E-state index contributed by atoms with van der Waals surface area (Å²) in [7, 11) is 0. The lowest BCUT2D eigenvalue weighted by atomic mass is 10.0. The van der Waals surface area contributed by atoms with Crippen LogP contribution in [0.4, 0.5) is 0 Å². The maximum atomic E-state index is 11.6. The normalized spacial score (nSPS) is 11.0. The summed E-state index contributed by atoms with van der Waals surface area (Å²) >= 11 is 0. The van der Waals surface area contributed by atoms with Crippen LogP contribution in [0.3, 0.4) is 0 Å². The number of amides is 1. The van der Waals surface area contributed by atoms with Crippen molar-refractivity contribution in [3.63, 3.8) is 0 Å². The molecule has 0 atom stereocenters. The zero-order valence-electron chi connectivity index (χ0n) is 13.3. The quantitative estimate of drug-likeness (QED) is 0.819. The maximum Gasteiger partial charge on any atom is 0.246 e. The minimum atomic E-state index is -0.299. The van der Waals surface area contributed by atoms with E-state index in [0.29, 0.717) is 12.1 Å². The van der Waals surface area contributed by atoms with E-state index in [1.54, 1.807) is 0 Å². The summed E-state index contributed by atoms with van der Waals surface area (Å²) in [5.41, 5.74) is 2.72. The lowest BCUT2D eigenvalue weighted by Gasteiger charge is -2.19. The molecule has 4 heteroatoms. The number of aryl methyl sites for hydroxylation is 2. The summed E-state index contributed by atoms with van der Waals surface area (Å²) in [6.45, 7) is 8.50. The molecule has 114 valence electrons. The molecule has 1 aromatic carbocycles. The molecular weight excluding hydrogens is 264 g/mol. The topological polar surface area (TPSA) is 62.1 Å². The SMILES string of the molecule is Cc1ccc(C#N)cc1CCCNC(=O)COC(C)(C)C. The van der Waals surface area contributed by atoms with Crippen LogP contribution in [-0.4, -0.2) is 24.7 Å². The molecule has 0 bridgehead atoms. The third-order valence-electron chi connectivity index (χ3n) is 3.06. The molecule has 0 saturated heterocycles. The van der Waals surface area contributed by atoms with Gasteiger partial charge >= 0.3 is 0 Å². The van der Waals surface area contributed by atoms with Gasteiger partial charge in [0.1, 0.15) is 6.61 Å². The van der Waals surface area contributed by atoms with Gasteiger partial charge in [0.15, 0.2) is 0 Å². The van der Waals surface area contributed by atoms with Crippen LogP contribution in [0.1, 0.15) is 43.9 Å². The monoisotopic (exact) mass is 288 g/mol. The first-order chi connectivity index (χ1) is 9.81. The third kappa shape index (κ3) is 6.92. The summed E-state index contributed by atoms with van der Waals surface area (Å²) in [5, 5.41) is 11.7. The fourth-order valence-electron chi connectivity index (χ4n) is 1.85. The average molecular weight is 288 g/mol. The lowest BCUT2D eigenvalue weighted by molar-refractivity contribution is -0.130. The van der Waals surface area contributed by atoms with Crippen LogP contribution >= 0.6 is 0 Å². The van der Waals surface area contributed by atoms with E-state index in [-0.39, 0.29) is 18.1 Å². The number of carbonyl (C=O) groups excluding carboxylic acids is 1. The van der Waals surface area contributed by atoms with Crippen molar-refractivity contribution in [3.05, 3.63) is 34.9 Å². The molecule has 0 aromatic heterocycles. The molecule has 0 spiro atoms. The molecule has 0 aliphatic heterocycles. The maximum absolute atomic E-state index is 11.6. The standard InChI is InChI=1S/C17H24N2O2/c1-13-7-8-14(11-18)10-15(13)6-5-9-19-16(20)12-21-17(2,3)4/h7-8,10H,5-6,9,12H2,1-4H3,(H,19,20). The van der Waals surface area contributed by atoms with Gasteiger partial charge in [0.2, 0.25) is 5.91 Å². The molecule has 4 nitrogen and oxygen atoms in total. The lowest BCUT2D eigenvalue weighted by Crippen LogP contribution is -2.32. The summed E-state index contributed by atoms with van der Waals surface area (Å²) in [5.74, 6) is -0.0903. The number of nitriles is 1. The van der Waals surface area contributed by atoms with E-state index in [2.05, 4.69) is 11.4 Å². The van der Waals surface area contributed by atoms with Crippen LogP contribution in [0.15, 0.2) is 18.2 Å². The predicted octanol–water partition coefficient (Wildman–Crippen LogP) is 2.73. The van der Waals surface area contributed by atoms with Gasteiger partial charge in [-0.2, -0.15) is 5.26 Å². The van der Waals surface area contributed by atoms with E-state index >= 15 is 0 Å². The smallest absolute Gasteiger partial charge is 0.246 e. The summed E-state index contributed by atoms with van der Waals surface area (Å²) in [6, 6.07) is 7.85. The Bertz CT molecular complexity index is 525. The first-order valence-corrected chi connectivity index (χ1v) is 7.22. The number of benzene rings is 1. The van der Waals surface area contributed by atoms with Crippen LogP contribution in [-0.2, 0) is 16.0 Å². The Balaban J connectivity index is 2.31. The van der Waals surface area contributed by atoms with Gasteiger partial charge in [0, 0.05) is 6.54 Å². The Morgan fingerprint density at radius 1 is 1.38 bits per heavy atom. The van der Waals surface area contributed by atoms with Crippen molar-refractivity contribution in [3.8, 4) is 6.07 Å². The van der Waals surface area contributed by atoms with Gasteiger partial charge in [-0.3, -0.25) is 4.79 Å². The van der Waals surface area contributed by atoms with Crippen molar-refractivity contribution >= 4 is 5.91 Å². The number of nitrogens with zero attached hydrogens (tertiary/aromatic N) is 1. The molecule has 0 saturated carbocycles. The Kier molecular flexibility index (Phi) is 6.39. The molecule has 0 unspecified atom stereocenters. The zero-order chi connectivity index (χ0) is 15.9. The van der Waals surface area contributed by atoms with Crippen molar-refractivity contribution in [1.29, 1.82) is 5.26 Å². The van der Waals surface area contributed by atoms with E-state index in [4.69, 9.17) is 10.00 Å². The highest BCUT2D eigenvalue weighted by atomic mass is 16.5. The molecule has 0 aliphatic carbocycles. The Labute approximate surface area is 127 Å². The number of carbonyl (C=O) groups is 1. The summed E-state index contributed by atoms with van der Waals surface area (Å²) in [6.07, 6.45) is 1.69. The highest BCUT2D eigenvalue weighted by Gasteiger charge is 2.12. The molecule has 0 heterocycles. The van der Waals surface area contributed by atoms with Gasteiger partial charge in [-0.1, -0.05) is 6.07 Å². The van der Waals surface area contributed by atoms with Crippen LogP contribution in [0.25, 0.3) is 0 Å². The zero-order valence-corrected chi connectivity index (χ0v) is 13.3. The molecule has 21 heavy (non-hydrogen) atoms. The van der Waals surface area contributed by atoms with Gasteiger partial charge in [-0.15, -0.1) is 0 Å². The van der Waals surface area contributed by atoms with Gasteiger partial charge in [0.05, 0.1) is 17.2 Å². The third-order valence-corrected chi connectivity index (χ3v) is 3.06. The Morgan fingerprint density at radius 3 is 2.71 bits per heavy atom. The average Bonchev–Trinajstić information content (AvgIpc) is 2.42. The second kappa shape index (κ2) is 7.80. The van der Waals surface area contributed by atoms with Crippen molar-refractivity contribution in [2.45, 2.75) is 46.1 Å². The van der Waals surface area contributed by atoms with E-state index in [9.17, 15) is 4.79 Å². The van der Waals surface area contributed by atoms with Crippen molar-refractivity contribution in [2.75, 3.05) is 13.2 Å². The Morgan fingerprint density at radius 2 is 2.10 bits per heavy atom. The molecule has 0 aliphatic rings. The van der Waals surface area contributed by atoms with Crippen LogP contribution in [0, 0.1) is 18.3 Å².